The van der Waals surface area contributed by atoms with Crippen LogP contribution in [0, 0.1) is 5.92 Å². The maximum absolute atomic E-state index is 3.86. The van der Waals surface area contributed by atoms with Crippen molar-refractivity contribution in [3.63, 3.8) is 0 Å². The third-order valence-electron chi connectivity index (χ3n) is 3.68. The van der Waals surface area contributed by atoms with Crippen LogP contribution >= 0.6 is 15.9 Å². The number of nitrogens with zero attached hydrogens (tertiary/aromatic N) is 1. The molecule has 0 aromatic heterocycles. The van der Waals surface area contributed by atoms with E-state index in [-0.39, 0.29) is 0 Å². The van der Waals surface area contributed by atoms with Crippen molar-refractivity contribution in [1.29, 1.82) is 0 Å². The van der Waals surface area contributed by atoms with E-state index in [1.54, 1.807) is 0 Å². The minimum atomic E-state index is 0.542. The second-order valence-electron chi connectivity index (χ2n) is 6.37. The minimum Gasteiger partial charge on any atom is -0.294 e. The summed E-state index contributed by atoms with van der Waals surface area (Å²) in [5.74, 6) is 0.722. The Morgan fingerprint density at radius 3 is 1.68 bits per heavy atom. The van der Waals surface area contributed by atoms with Crippen molar-refractivity contribution in [2.45, 2.75) is 38.2 Å². The van der Waals surface area contributed by atoms with Crippen molar-refractivity contribution < 1.29 is 0 Å². The lowest BCUT2D eigenvalue weighted by Crippen LogP contribution is -2.29. The molecule has 1 nitrogen and oxygen atoms in total. The Balaban J connectivity index is 2.03. The fourth-order valence-corrected chi connectivity index (χ4v) is 3.89. The van der Waals surface area contributed by atoms with Gasteiger partial charge >= 0.3 is 0 Å². The molecule has 0 bridgehead atoms. The zero-order valence-electron chi connectivity index (χ0n) is 13.6. The lowest BCUT2D eigenvalue weighted by Gasteiger charge is -2.26. The third-order valence-corrected chi connectivity index (χ3v) is 4.34. The Morgan fingerprint density at radius 2 is 1.27 bits per heavy atom. The third kappa shape index (κ3) is 6.33. The van der Waals surface area contributed by atoms with Gasteiger partial charge in [0.25, 0.3) is 0 Å². The standard InChI is InChI=1S/C20H26BrN/c1-17(2)13-20(21)16-22(14-18-9-5-3-6-10-18)15-19-11-7-4-8-12-19/h3-12,17,20H,13-16H2,1-2H3/t20-/m1/s1. The van der Waals surface area contributed by atoms with Gasteiger partial charge in [0, 0.05) is 24.5 Å². The first-order valence-electron chi connectivity index (χ1n) is 8.07. The first-order chi connectivity index (χ1) is 10.6. The quantitative estimate of drug-likeness (QED) is 0.562. The molecule has 0 heterocycles. The number of benzene rings is 2. The fraction of sp³-hybridized carbons (Fsp3) is 0.400. The van der Waals surface area contributed by atoms with Crippen LogP contribution < -0.4 is 0 Å². The molecule has 2 rings (SSSR count). The first-order valence-corrected chi connectivity index (χ1v) is 8.99. The molecule has 0 spiro atoms. The average Bonchev–Trinajstić information content (AvgIpc) is 2.48. The summed E-state index contributed by atoms with van der Waals surface area (Å²) in [5.41, 5.74) is 2.75. The van der Waals surface area contributed by atoms with Gasteiger partial charge in [0.2, 0.25) is 0 Å². The predicted octanol–water partition coefficient (Wildman–Crippen LogP) is 5.50. The van der Waals surface area contributed by atoms with Crippen LogP contribution in [0.3, 0.4) is 0 Å². The molecule has 0 amide bonds. The van der Waals surface area contributed by atoms with Gasteiger partial charge in [-0.15, -0.1) is 0 Å². The molecule has 0 fully saturated rings. The zero-order valence-corrected chi connectivity index (χ0v) is 15.2. The van der Waals surface area contributed by atoms with Crippen LogP contribution in [-0.4, -0.2) is 16.3 Å². The summed E-state index contributed by atoms with van der Waals surface area (Å²) in [6, 6.07) is 21.5. The van der Waals surface area contributed by atoms with Crippen molar-refractivity contribution >= 4 is 15.9 Å². The van der Waals surface area contributed by atoms with E-state index in [9.17, 15) is 0 Å². The molecule has 0 N–H and O–H groups in total. The van der Waals surface area contributed by atoms with Crippen LogP contribution in [0.5, 0.6) is 0 Å². The molecule has 2 aromatic carbocycles. The highest BCUT2D eigenvalue weighted by atomic mass is 79.9. The molecule has 0 aliphatic carbocycles. The molecular formula is C20H26BrN. The van der Waals surface area contributed by atoms with Gasteiger partial charge in [-0.05, 0) is 23.5 Å². The summed E-state index contributed by atoms with van der Waals surface area (Å²) < 4.78 is 0. The lowest BCUT2D eigenvalue weighted by molar-refractivity contribution is 0.252. The van der Waals surface area contributed by atoms with Crippen LogP contribution in [0.25, 0.3) is 0 Å². The lowest BCUT2D eigenvalue weighted by atomic mass is 10.1. The van der Waals surface area contributed by atoms with Crippen LogP contribution in [0.1, 0.15) is 31.4 Å². The number of hydrogen-bond donors (Lipinski definition) is 0. The molecule has 0 aliphatic rings. The zero-order chi connectivity index (χ0) is 15.8. The maximum Gasteiger partial charge on any atom is 0.0275 e. The Labute approximate surface area is 143 Å². The summed E-state index contributed by atoms with van der Waals surface area (Å²) in [5, 5.41) is 0. The van der Waals surface area contributed by atoms with E-state index in [4.69, 9.17) is 0 Å². The van der Waals surface area contributed by atoms with Crippen LogP contribution in [0.2, 0.25) is 0 Å². The number of halogens is 1. The first kappa shape index (κ1) is 17.2. The molecule has 1 atom stereocenters. The van der Waals surface area contributed by atoms with Gasteiger partial charge in [-0.1, -0.05) is 90.4 Å². The second kappa shape index (κ2) is 9.12. The SMILES string of the molecule is CC(C)C[C@@H](Br)CN(Cc1ccccc1)Cc1ccccc1. The van der Waals surface area contributed by atoms with E-state index in [1.165, 1.54) is 17.5 Å². The molecular weight excluding hydrogens is 334 g/mol. The Hall–Kier alpha value is -1.12. The highest BCUT2D eigenvalue weighted by Gasteiger charge is 2.14. The minimum absolute atomic E-state index is 0.542. The van der Waals surface area contributed by atoms with Crippen molar-refractivity contribution in [2.75, 3.05) is 6.54 Å². The number of alkyl halides is 1. The highest BCUT2D eigenvalue weighted by Crippen LogP contribution is 2.17. The van der Waals surface area contributed by atoms with Crippen LogP contribution in [-0.2, 0) is 13.1 Å². The summed E-state index contributed by atoms with van der Waals surface area (Å²) in [7, 11) is 0. The molecule has 0 saturated heterocycles. The second-order valence-corrected chi connectivity index (χ2v) is 7.66. The van der Waals surface area contributed by atoms with E-state index < -0.39 is 0 Å². The van der Waals surface area contributed by atoms with Crippen molar-refractivity contribution in [3.05, 3.63) is 71.8 Å². The Bertz CT molecular complexity index is 482. The molecule has 0 radical (unpaired) electrons. The molecule has 0 aliphatic heterocycles. The topological polar surface area (TPSA) is 3.24 Å². The van der Waals surface area contributed by atoms with Gasteiger partial charge in [0.05, 0.1) is 0 Å². The van der Waals surface area contributed by atoms with Crippen LogP contribution in [0.15, 0.2) is 60.7 Å². The molecule has 2 aromatic rings. The van der Waals surface area contributed by atoms with E-state index >= 15 is 0 Å². The normalized spacial score (nSPS) is 12.8. The van der Waals surface area contributed by atoms with Gasteiger partial charge in [0.15, 0.2) is 0 Å². The number of hydrogen-bond acceptors (Lipinski definition) is 1. The molecule has 2 heteroatoms. The van der Waals surface area contributed by atoms with Crippen molar-refractivity contribution in [1.82, 2.24) is 4.90 Å². The maximum atomic E-state index is 3.86. The monoisotopic (exact) mass is 359 g/mol. The average molecular weight is 360 g/mol. The van der Waals surface area contributed by atoms with E-state index in [1.807, 2.05) is 0 Å². The summed E-state index contributed by atoms with van der Waals surface area (Å²) >= 11 is 3.86. The Kier molecular flexibility index (Phi) is 7.14. The van der Waals surface area contributed by atoms with Crippen molar-refractivity contribution in [3.8, 4) is 0 Å². The number of rotatable bonds is 8. The van der Waals surface area contributed by atoms with Gasteiger partial charge in [0.1, 0.15) is 0 Å². The summed E-state index contributed by atoms with van der Waals surface area (Å²) in [4.78, 5) is 3.08. The summed E-state index contributed by atoms with van der Waals surface area (Å²) in [6.45, 7) is 7.63. The van der Waals surface area contributed by atoms with E-state index in [0.29, 0.717) is 4.83 Å². The fourth-order valence-electron chi connectivity index (χ4n) is 2.73. The van der Waals surface area contributed by atoms with E-state index in [2.05, 4.69) is 95.3 Å². The van der Waals surface area contributed by atoms with Crippen molar-refractivity contribution in [2.24, 2.45) is 5.92 Å². The highest BCUT2D eigenvalue weighted by molar-refractivity contribution is 9.09. The summed E-state index contributed by atoms with van der Waals surface area (Å²) in [6.07, 6.45) is 1.21. The van der Waals surface area contributed by atoms with Gasteiger partial charge in [-0.2, -0.15) is 0 Å². The Morgan fingerprint density at radius 1 is 0.818 bits per heavy atom. The molecule has 0 saturated carbocycles. The van der Waals surface area contributed by atoms with Gasteiger partial charge in [-0.3, -0.25) is 4.90 Å². The van der Waals surface area contributed by atoms with Gasteiger partial charge < -0.3 is 0 Å². The molecule has 118 valence electrons. The van der Waals surface area contributed by atoms with Crippen LogP contribution in [0.4, 0.5) is 0 Å². The molecule has 0 unspecified atom stereocenters. The van der Waals surface area contributed by atoms with E-state index in [0.717, 1.165) is 25.6 Å². The molecule has 22 heavy (non-hydrogen) atoms. The smallest absolute Gasteiger partial charge is 0.0275 e. The van der Waals surface area contributed by atoms with Gasteiger partial charge in [-0.25, -0.2) is 0 Å². The largest absolute Gasteiger partial charge is 0.294 e. The predicted molar refractivity (Wildman–Crippen MR) is 99.2 cm³/mol.